The van der Waals surface area contributed by atoms with Crippen molar-refractivity contribution in [2.75, 3.05) is 0 Å². The number of aromatic nitrogens is 2. The molecule has 1 aromatic heterocycles. The summed E-state index contributed by atoms with van der Waals surface area (Å²) in [4.78, 5) is 1.63. The Morgan fingerprint density at radius 3 is 2.35 bits per heavy atom. The van der Waals surface area contributed by atoms with Crippen LogP contribution in [-0.4, -0.2) is 39.5 Å². The number of rotatable bonds is 2. The SMILES string of the molecule is N[C@H]1C[C@@H](N2Cc3[nH][nH]c3C2)[C@@H](C(F)(F)F)O[C@@H]1c1cc(F)ccc1F. The third-order valence-corrected chi connectivity index (χ3v) is 5.05. The van der Waals surface area contributed by atoms with Crippen LogP contribution in [0.3, 0.4) is 0 Å². The molecule has 10 heteroatoms. The van der Waals surface area contributed by atoms with E-state index in [9.17, 15) is 22.0 Å². The maximum atomic E-state index is 14.0. The highest BCUT2D eigenvalue weighted by atomic mass is 19.4. The third kappa shape index (κ3) is 2.91. The Balaban J connectivity index is 1.62. The van der Waals surface area contributed by atoms with E-state index in [4.69, 9.17) is 10.5 Å². The number of nitrogens with two attached hydrogens (primary N) is 1. The van der Waals surface area contributed by atoms with Crippen molar-refractivity contribution < 1.29 is 26.7 Å². The van der Waals surface area contributed by atoms with Crippen LogP contribution in [0.4, 0.5) is 22.0 Å². The van der Waals surface area contributed by atoms with E-state index in [1.807, 2.05) is 0 Å². The van der Waals surface area contributed by atoms with Crippen LogP contribution < -0.4 is 5.73 Å². The van der Waals surface area contributed by atoms with Gasteiger partial charge in [-0.25, -0.2) is 8.78 Å². The van der Waals surface area contributed by atoms with E-state index in [0.29, 0.717) is 13.1 Å². The summed E-state index contributed by atoms with van der Waals surface area (Å²) in [6.45, 7) is 0.656. The van der Waals surface area contributed by atoms with E-state index < -0.39 is 42.1 Å². The first kappa shape index (κ1) is 17.5. The van der Waals surface area contributed by atoms with Gasteiger partial charge in [0, 0.05) is 30.7 Å². The molecule has 3 heterocycles. The highest BCUT2D eigenvalue weighted by Crippen LogP contribution is 2.42. The number of H-pyrrole nitrogens is 2. The Morgan fingerprint density at radius 2 is 1.77 bits per heavy atom. The molecule has 4 N–H and O–H groups in total. The van der Waals surface area contributed by atoms with Crippen molar-refractivity contribution in [2.24, 2.45) is 5.73 Å². The van der Waals surface area contributed by atoms with Crippen LogP contribution in [0.15, 0.2) is 18.2 Å². The number of hydrogen-bond acceptors (Lipinski definition) is 3. The molecule has 1 saturated heterocycles. The van der Waals surface area contributed by atoms with Crippen LogP contribution >= 0.6 is 0 Å². The molecule has 2 aliphatic heterocycles. The van der Waals surface area contributed by atoms with Gasteiger partial charge < -0.3 is 20.7 Å². The van der Waals surface area contributed by atoms with Crippen LogP contribution in [0.1, 0.15) is 29.5 Å². The molecule has 0 aliphatic carbocycles. The lowest BCUT2D eigenvalue weighted by molar-refractivity contribution is -0.269. The second-order valence-electron chi connectivity index (χ2n) is 6.76. The summed E-state index contributed by atoms with van der Waals surface area (Å²) < 4.78 is 73.7. The Kier molecular flexibility index (Phi) is 4.08. The van der Waals surface area contributed by atoms with E-state index >= 15 is 0 Å². The van der Waals surface area contributed by atoms with E-state index in [1.165, 1.54) is 0 Å². The van der Waals surface area contributed by atoms with E-state index in [2.05, 4.69) is 10.2 Å². The van der Waals surface area contributed by atoms with Gasteiger partial charge in [0.25, 0.3) is 0 Å². The van der Waals surface area contributed by atoms with Crippen molar-refractivity contribution in [3.05, 3.63) is 46.8 Å². The normalized spacial score (nSPS) is 29.9. The van der Waals surface area contributed by atoms with Gasteiger partial charge in [0.1, 0.15) is 17.7 Å². The predicted molar refractivity (Wildman–Crippen MR) is 80.8 cm³/mol. The van der Waals surface area contributed by atoms with Crippen molar-refractivity contribution in [1.82, 2.24) is 15.1 Å². The molecule has 0 amide bonds. The number of hydrogen-bond donors (Lipinski definition) is 3. The average molecular weight is 376 g/mol. The quantitative estimate of drug-likeness (QED) is 0.706. The van der Waals surface area contributed by atoms with Crippen molar-refractivity contribution >= 4 is 0 Å². The van der Waals surface area contributed by atoms with E-state index in [1.54, 1.807) is 4.90 Å². The minimum absolute atomic E-state index is 0.0502. The molecule has 1 fully saturated rings. The molecule has 142 valence electrons. The minimum Gasteiger partial charge on any atom is -0.357 e. The average Bonchev–Trinajstić information content (AvgIpc) is 2.83. The number of alkyl halides is 3. The topological polar surface area (TPSA) is 70.1 Å². The first-order valence-corrected chi connectivity index (χ1v) is 8.15. The molecule has 0 radical (unpaired) electrons. The fourth-order valence-corrected chi connectivity index (χ4v) is 3.75. The maximum Gasteiger partial charge on any atom is 0.416 e. The van der Waals surface area contributed by atoms with Gasteiger partial charge in [-0.1, -0.05) is 0 Å². The minimum atomic E-state index is -4.66. The van der Waals surface area contributed by atoms with Crippen molar-refractivity contribution in [1.29, 1.82) is 0 Å². The molecule has 4 rings (SSSR count). The summed E-state index contributed by atoms with van der Waals surface area (Å²) >= 11 is 0. The summed E-state index contributed by atoms with van der Waals surface area (Å²) in [5, 5.41) is 5.67. The standard InChI is InChI=1S/C16H17F5N4O/c17-7-1-2-9(18)8(3-7)14-10(22)4-13(15(26-14)16(19,20)21)25-5-11-12(6-25)24-23-11/h1-3,10,13-15,23-24H,4-6,22H2/t10-,13+,14+,15-/m0/s1. The summed E-state index contributed by atoms with van der Waals surface area (Å²) in [7, 11) is 0. The fourth-order valence-electron chi connectivity index (χ4n) is 3.75. The van der Waals surface area contributed by atoms with Gasteiger partial charge in [0.15, 0.2) is 6.10 Å². The van der Waals surface area contributed by atoms with Gasteiger partial charge >= 0.3 is 6.18 Å². The van der Waals surface area contributed by atoms with Crippen LogP contribution in [0.5, 0.6) is 0 Å². The van der Waals surface area contributed by atoms with E-state index in [0.717, 1.165) is 29.6 Å². The molecular weight excluding hydrogens is 359 g/mol. The van der Waals surface area contributed by atoms with Crippen LogP contribution in [-0.2, 0) is 17.8 Å². The predicted octanol–water partition coefficient (Wildman–Crippen LogP) is 2.73. The molecule has 2 aromatic rings. The summed E-state index contributed by atoms with van der Waals surface area (Å²) in [6, 6.07) is 0.684. The maximum absolute atomic E-state index is 14.0. The smallest absolute Gasteiger partial charge is 0.357 e. The largest absolute Gasteiger partial charge is 0.416 e. The van der Waals surface area contributed by atoms with Crippen LogP contribution in [0.25, 0.3) is 0 Å². The third-order valence-electron chi connectivity index (χ3n) is 5.05. The molecule has 4 atom stereocenters. The lowest BCUT2D eigenvalue weighted by Crippen LogP contribution is -2.58. The number of aromatic amines is 2. The zero-order valence-corrected chi connectivity index (χ0v) is 13.5. The zero-order valence-electron chi connectivity index (χ0n) is 13.5. The molecule has 26 heavy (non-hydrogen) atoms. The molecule has 0 unspecified atom stereocenters. The van der Waals surface area contributed by atoms with Crippen LogP contribution in [0.2, 0.25) is 0 Å². The summed E-state index contributed by atoms with van der Waals surface area (Å²) in [5.41, 5.74) is 7.42. The van der Waals surface area contributed by atoms with Gasteiger partial charge in [-0.2, -0.15) is 13.2 Å². The van der Waals surface area contributed by atoms with Gasteiger partial charge in [0.2, 0.25) is 0 Å². The number of nitrogens with zero attached hydrogens (tertiary/aromatic N) is 1. The fraction of sp³-hybridized carbons (Fsp3) is 0.500. The van der Waals surface area contributed by atoms with Crippen molar-refractivity contribution in [3.8, 4) is 0 Å². The molecule has 0 bridgehead atoms. The molecule has 5 nitrogen and oxygen atoms in total. The number of halogens is 5. The summed E-state index contributed by atoms with van der Waals surface area (Å²) in [5.74, 6) is -1.60. The Morgan fingerprint density at radius 1 is 1.12 bits per heavy atom. The van der Waals surface area contributed by atoms with E-state index in [-0.39, 0.29) is 12.0 Å². The Bertz CT molecular complexity index is 781. The molecule has 0 spiro atoms. The molecule has 1 aromatic carbocycles. The second kappa shape index (κ2) is 6.07. The zero-order chi connectivity index (χ0) is 18.6. The lowest BCUT2D eigenvalue weighted by Gasteiger charge is -2.44. The van der Waals surface area contributed by atoms with Crippen LogP contribution in [0, 0.1) is 11.6 Å². The van der Waals surface area contributed by atoms with Gasteiger partial charge in [0.05, 0.1) is 11.4 Å². The van der Waals surface area contributed by atoms with Crippen molar-refractivity contribution in [3.63, 3.8) is 0 Å². The second-order valence-corrected chi connectivity index (χ2v) is 6.76. The Labute approximate surface area is 145 Å². The Hall–Kier alpha value is -1.91. The van der Waals surface area contributed by atoms with Gasteiger partial charge in [-0.15, -0.1) is 0 Å². The molecular formula is C16H17F5N4O. The monoisotopic (exact) mass is 376 g/mol. The molecule has 2 aliphatic rings. The van der Waals surface area contributed by atoms with Crippen molar-refractivity contribution in [2.45, 2.75) is 50.0 Å². The van der Waals surface area contributed by atoms with Gasteiger partial charge in [-0.3, -0.25) is 4.90 Å². The lowest BCUT2D eigenvalue weighted by atomic mass is 9.89. The first-order chi connectivity index (χ1) is 12.2. The number of fused-ring (bicyclic) bond motifs is 1. The first-order valence-electron chi connectivity index (χ1n) is 8.15. The molecule has 0 saturated carbocycles. The summed E-state index contributed by atoms with van der Waals surface area (Å²) in [6.07, 6.45) is -8.23. The number of nitrogens with one attached hydrogen (secondary N) is 2. The number of ether oxygens (including phenoxy) is 1. The van der Waals surface area contributed by atoms with Gasteiger partial charge in [-0.05, 0) is 24.6 Å². The highest BCUT2D eigenvalue weighted by Gasteiger charge is 2.54. The highest BCUT2D eigenvalue weighted by molar-refractivity contribution is 5.24. The number of benzene rings is 1.